The zero-order valence-corrected chi connectivity index (χ0v) is 10.7. The van der Waals surface area contributed by atoms with Crippen molar-refractivity contribution in [3.8, 4) is 5.75 Å². The third-order valence-electron chi connectivity index (χ3n) is 4.35. The van der Waals surface area contributed by atoms with Crippen LogP contribution in [0.1, 0.15) is 42.4 Å². The zero-order valence-electron chi connectivity index (χ0n) is 9.93. The fourth-order valence-corrected chi connectivity index (χ4v) is 3.36. The number of rotatable bonds is 2. The first-order chi connectivity index (χ1) is 8.18. The average Bonchev–Trinajstić information content (AvgIpc) is 3.11. The number of benzene rings is 1. The molecule has 0 amide bonds. The van der Waals surface area contributed by atoms with Crippen molar-refractivity contribution in [1.82, 2.24) is 0 Å². The van der Waals surface area contributed by atoms with E-state index < -0.39 is 0 Å². The second-order valence-electron chi connectivity index (χ2n) is 5.41. The quantitative estimate of drug-likeness (QED) is 0.849. The van der Waals surface area contributed by atoms with E-state index in [1.165, 1.54) is 24.0 Å². The van der Waals surface area contributed by atoms with Crippen molar-refractivity contribution in [2.45, 2.75) is 43.9 Å². The summed E-state index contributed by atoms with van der Waals surface area (Å²) < 4.78 is 0. The predicted molar refractivity (Wildman–Crippen MR) is 69.7 cm³/mol. The molecule has 2 nitrogen and oxygen atoms in total. The van der Waals surface area contributed by atoms with Gasteiger partial charge in [0.1, 0.15) is 5.75 Å². The van der Waals surface area contributed by atoms with Crippen LogP contribution in [0.15, 0.2) is 6.07 Å². The lowest BCUT2D eigenvalue weighted by molar-refractivity contribution is 0.455. The van der Waals surface area contributed by atoms with Crippen molar-refractivity contribution in [2.75, 3.05) is 6.54 Å². The van der Waals surface area contributed by atoms with Crippen molar-refractivity contribution < 1.29 is 5.11 Å². The minimum Gasteiger partial charge on any atom is -0.506 e. The Morgan fingerprint density at radius 1 is 1.29 bits per heavy atom. The Morgan fingerprint density at radius 3 is 2.65 bits per heavy atom. The minimum atomic E-state index is 0.0242. The summed E-state index contributed by atoms with van der Waals surface area (Å²) in [6.07, 6.45) is 6.76. The van der Waals surface area contributed by atoms with Gasteiger partial charge in [-0.25, -0.2) is 0 Å². The zero-order chi connectivity index (χ0) is 12.0. The largest absolute Gasteiger partial charge is 0.506 e. The highest BCUT2D eigenvalue weighted by atomic mass is 35.5. The summed E-state index contributed by atoms with van der Waals surface area (Å²) in [5, 5.41) is 10.8. The molecule has 1 saturated carbocycles. The van der Waals surface area contributed by atoms with Gasteiger partial charge in [-0.15, -0.1) is 0 Å². The average molecular weight is 252 g/mol. The lowest BCUT2D eigenvalue weighted by Crippen LogP contribution is -2.23. The summed E-state index contributed by atoms with van der Waals surface area (Å²) in [6.45, 7) is 0.618. The molecule has 0 unspecified atom stereocenters. The number of aromatic hydroxyl groups is 1. The molecule has 0 spiro atoms. The second kappa shape index (κ2) is 3.89. The third-order valence-corrected chi connectivity index (χ3v) is 4.64. The number of nitrogens with two attached hydrogens (primary N) is 1. The van der Waals surface area contributed by atoms with E-state index in [0.29, 0.717) is 11.6 Å². The molecule has 1 aromatic carbocycles. The first-order valence-corrected chi connectivity index (χ1v) is 6.79. The SMILES string of the molecule is NCC1(c2c(O)c(Cl)cc3c2CCCC3)CC1. The summed E-state index contributed by atoms with van der Waals surface area (Å²) >= 11 is 6.15. The highest BCUT2D eigenvalue weighted by molar-refractivity contribution is 6.32. The lowest BCUT2D eigenvalue weighted by Gasteiger charge is -2.26. The van der Waals surface area contributed by atoms with Crippen molar-refractivity contribution >= 4 is 11.6 Å². The summed E-state index contributed by atoms with van der Waals surface area (Å²) in [5.41, 5.74) is 9.66. The number of hydrogen-bond acceptors (Lipinski definition) is 2. The number of phenolic OH excluding ortho intramolecular Hbond substituents is 1. The summed E-state index contributed by atoms with van der Waals surface area (Å²) in [7, 11) is 0. The van der Waals surface area contributed by atoms with E-state index in [-0.39, 0.29) is 11.2 Å². The van der Waals surface area contributed by atoms with Gasteiger partial charge in [0.05, 0.1) is 5.02 Å². The molecule has 0 aromatic heterocycles. The fraction of sp³-hybridized carbons (Fsp3) is 0.571. The van der Waals surface area contributed by atoms with Crippen LogP contribution in [-0.4, -0.2) is 11.7 Å². The van der Waals surface area contributed by atoms with E-state index >= 15 is 0 Å². The molecule has 3 N–H and O–H groups in total. The Kier molecular flexibility index (Phi) is 2.60. The molecule has 17 heavy (non-hydrogen) atoms. The van der Waals surface area contributed by atoms with Crippen molar-refractivity contribution in [1.29, 1.82) is 0 Å². The van der Waals surface area contributed by atoms with Crippen LogP contribution in [0.5, 0.6) is 5.75 Å². The Hall–Kier alpha value is -0.730. The number of phenols is 1. The fourth-order valence-electron chi connectivity index (χ4n) is 3.14. The van der Waals surface area contributed by atoms with E-state index in [4.69, 9.17) is 17.3 Å². The number of hydrogen-bond donors (Lipinski definition) is 2. The van der Waals surface area contributed by atoms with Gasteiger partial charge in [0.2, 0.25) is 0 Å². The topological polar surface area (TPSA) is 46.2 Å². The van der Waals surface area contributed by atoms with Crippen molar-refractivity contribution in [2.24, 2.45) is 5.73 Å². The molecule has 0 saturated heterocycles. The number of fused-ring (bicyclic) bond motifs is 1. The molecule has 3 rings (SSSR count). The van der Waals surface area contributed by atoms with Crippen LogP contribution in [0.4, 0.5) is 0 Å². The number of aryl methyl sites for hydroxylation is 1. The van der Waals surface area contributed by atoms with Gasteiger partial charge >= 0.3 is 0 Å². The van der Waals surface area contributed by atoms with Gasteiger partial charge < -0.3 is 10.8 Å². The van der Waals surface area contributed by atoms with Crippen molar-refractivity contribution in [3.05, 3.63) is 27.8 Å². The molecular formula is C14H18ClNO. The molecule has 1 aromatic rings. The summed E-state index contributed by atoms with van der Waals surface area (Å²) in [5.74, 6) is 0.287. The van der Waals surface area contributed by atoms with Crippen LogP contribution in [0.2, 0.25) is 5.02 Å². The highest BCUT2D eigenvalue weighted by Crippen LogP contribution is 2.54. The second-order valence-corrected chi connectivity index (χ2v) is 5.82. The molecule has 1 fully saturated rings. The lowest BCUT2D eigenvalue weighted by atomic mass is 9.81. The molecule has 3 heteroatoms. The monoisotopic (exact) mass is 251 g/mol. The molecule has 0 aliphatic heterocycles. The molecule has 92 valence electrons. The normalized spacial score (nSPS) is 21.1. The molecule has 0 bridgehead atoms. The maximum atomic E-state index is 10.3. The van der Waals surface area contributed by atoms with E-state index in [1.807, 2.05) is 6.07 Å². The van der Waals surface area contributed by atoms with E-state index in [0.717, 1.165) is 31.2 Å². The van der Waals surface area contributed by atoms with Gasteiger partial charge in [-0.1, -0.05) is 11.6 Å². The molecular weight excluding hydrogens is 234 g/mol. The first-order valence-electron chi connectivity index (χ1n) is 6.42. The predicted octanol–water partition coefficient (Wildman–Crippen LogP) is 2.91. The van der Waals surface area contributed by atoms with Gasteiger partial charge in [0.25, 0.3) is 0 Å². The van der Waals surface area contributed by atoms with Crippen LogP contribution in [0.3, 0.4) is 0 Å². The van der Waals surface area contributed by atoms with Crippen LogP contribution in [0, 0.1) is 0 Å². The van der Waals surface area contributed by atoms with Gasteiger partial charge in [0.15, 0.2) is 0 Å². The third kappa shape index (κ3) is 1.66. The van der Waals surface area contributed by atoms with Crippen LogP contribution in [0.25, 0.3) is 0 Å². The minimum absolute atomic E-state index is 0.0242. The Bertz CT molecular complexity index is 466. The number of halogens is 1. The summed E-state index contributed by atoms with van der Waals surface area (Å²) in [6, 6.07) is 1.95. The first kappa shape index (κ1) is 11.4. The molecule has 0 atom stereocenters. The maximum Gasteiger partial charge on any atom is 0.138 e. The smallest absolute Gasteiger partial charge is 0.138 e. The van der Waals surface area contributed by atoms with Gasteiger partial charge in [0, 0.05) is 17.5 Å². The maximum absolute atomic E-state index is 10.3. The standard InChI is InChI=1S/C14H18ClNO/c15-11-7-9-3-1-2-4-10(9)12(13(11)17)14(8-16)5-6-14/h7,17H,1-6,8,16H2. The van der Waals surface area contributed by atoms with Gasteiger partial charge in [-0.05, 0) is 55.7 Å². The Morgan fingerprint density at radius 2 is 2.00 bits per heavy atom. The summed E-state index contributed by atoms with van der Waals surface area (Å²) in [4.78, 5) is 0. The Labute approximate surface area is 107 Å². The van der Waals surface area contributed by atoms with Gasteiger partial charge in [-0.2, -0.15) is 0 Å². The molecule has 2 aliphatic carbocycles. The van der Waals surface area contributed by atoms with Crippen LogP contribution < -0.4 is 5.73 Å². The molecule has 0 radical (unpaired) electrons. The van der Waals surface area contributed by atoms with Gasteiger partial charge in [-0.3, -0.25) is 0 Å². The molecule has 0 heterocycles. The Balaban J connectivity index is 2.21. The van der Waals surface area contributed by atoms with Crippen molar-refractivity contribution in [3.63, 3.8) is 0 Å². The molecule has 2 aliphatic rings. The van der Waals surface area contributed by atoms with E-state index in [1.54, 1.807) is 0 Å². The van der Waals surface area contributed by atoms with Crippen LogP contribution >= 0.6 is 11.6 Å². The van der Waals surface area contributed by atoms with E-state index in [2.05, 4.69) is 0 Å². The van der Waals surface area contributed by atoms with E-state index in [9.17, 15) is 5.11 Å². The highest BCUT2D eigenvalue weighted by Gasteiger charge is 2.47. The van der Waals surface area contributed by atoms with Crippen LogP contribution in [-0.2, 0) is 18.3 Å².